The van der Waals surface area contributed by atoms with Gasteiger partial charge in [0.15, 0.2) is 0 Å². The summed E-state index contributed by atoms with van der Waals surface area (Å²) in [7, 11) is 1.28. The molecule has 0 fully saturated rings. The highest BCUT2D eigenvalue weighted by atomic mass is 16.7. The number of unbranched alkanes of at least 4 members (excludes halogenated alkanes) is 1. The lowest BCUT2D eigenvalue weighted by Gasteiger charge is -2.14. The molecule has 1 aromatic carbocycles. The van der Waals surface area contributed by atoms with E-state index in [0.717, 1.165) is 12.8 Å². The van der Waals surface area contributed by atoms with E-state index in [1.165, 1.54) is 7.11 Å². The maximum absolute atomic E-state index is 11.7. The Hall–Kier alpha value is -1.88. The Morgan fingerprint density at radius 1 is 1.21 bits per heavy atom. The number of hydrogen-bond acceptors (Lipinski definition) is 5. The van der Waals surface area contributed by atoms with E-state index in [1.54, 1.807) is 30.3 Å². The predicted molar refractivity (Wildman–Crippen MR) is 68.5 cm³/mol. The van der Waals surface area contributed by atoms with Gasteiger partial charge in [-0.2, -0.15) is 0 Å². The summed E-state index contributed by atoms with van der Waals surface area (Å²) in [5.41, 5.74) is 0.353. The molecule has 0 amide bonds. The molecule has 19 heavy (non-hydrogen) atoms. The van der Waals surface area contributed by atoms with Crippen LogP contribution in [0.3, 0.4) is 0 Å². The van der Waals surface area contributed by atoms with Crippen LogP contribution in [0.5, 0.6) is 0 Å². The summed E-state index contributed by atoms with van der Waals surface area (Å²) in [6.07, 6.45) is 0.341. The molecular weight excluding hydrogens is 248 g/mol. The van der Waals surface area contributed by atoms with Crippen molar-refractivity contribution >= 4 is 11.9 Å². The molecule has 1 atom stereocenters. The minimum atomic E-state index is -1.33. The number of ether oxygens (including phenoxy) is 3. The van der Waals surface area contributed by atoms with E-state index >= 15 is 0 Å². The Morgan fingerprint density at radius 2 is 1.89 bits per heavy atom. The zero-order valence-corrected chi connectivity index (χ0v) is 11.1. The predicted octanol–water partition coefficient (Wildman–Crippen LogP) is 2.16. The number of methoxy groups -OCH3 is 1. The highest BCUT2D eigenvalue weighted by Crippen LogP contribution is 2.06. The molecule has 0 radical (unpaired) electrons. The van der Waals surface area contributed by atoms with Crippen molar-refractivity contribution in [1.82, 2.24) is 0 Å². The topological polar surface area (TPSA) is 61.8 Å². The van der Waals surface area contributed by atoms with Crippen LogP contribution in [-0.2, 0) is 19.0 Å². The fourth-order valence-corrected chi connectivity index (χ4v) is 1.32. The van der Waals surface area contributed by atoms with Gasteiger partial charge in [0, 0.05) is 7.11 Å². The van der Waals surface area contributed by atoms with E-state index in [9.17, 15) is 9.59 Å². The normalized spacial score (nSPS) is 11.7. The van der Waals surface area contributed by atoms with Crippen molar-refractivity contribution < 1.29 is 23.8 Å². The number of carbonyl (C=O) groups excluding carboxylic acids is 2. The van der Waals surface area contributed by atoms with Crippen molar-refractivity contribution in [3.8, 4) is 0 Å². The Morgan fingerprint density at radius 3 is 2.47 bits per heavy atom. The Balaban J connectivity index is 2.52. The van der Waals surface area contributed by atoms with Gasteiger partial charge in [-0.05, 0) is 18.6 Å². The molecule has 1 unspecified atom stereocenters. The van der Waals surface area contributed by atoms with E-state index in [0.29, 0.717) is 5.56 Å². The van der Waals surface area contributed by atoms with E-state index < -0.39 is 18.2 Å². The van der Waals surface area contributed by atoms with Gasteiger partial charge in [0.25, 0.3) is 0 Å². The summed E-state index contributed by atoms with van der Waals surface area (Å²) in [6.45, 7) is 2.27. The summed E-state index contributed by atoms with van der Waals surface area (Å²) in [4.78, 5) is 23.3. The van der Waals surface area contributed by atoms with Crippen LogP contribution in [0.25, 0.3) is 0 Å². The second-order valence-electron chi connectivity index (χ2n) is 3.86. The fourth-order valence-electron chi connectivity index (χ4n) is 1.32. The van der Waals surface area contributed by atoms with Crippen molar-refractivity contribution in [2.45, 2.75) is 26.1 Å². The van der Waals surface area contributed by atoms with E-state index in [2.05, 4.69) is 0 Å². The first kappa shape index (κ1) is 15.2. The van der Waals surface area contributed by atoms with Crippen LogP contribution in [0.15, 0.2) is 30.3 Å². The molecule has 0 heterocycles. The minimum absolute atomic E-state index is 0.290. The van der Waals surface area contributed by atoms with Gasteiger partial charge < -0.3 is 14.2 Å². The average molecular weight is 266 g/mol. The number of carbonyl (C=O) groups is 2. The molecule has 1 rings (SSSR count). The van der Waals surface area contributed by atoms with E-state index in [4.69, 9.17) is 14.2 Å². The van der Waals surface area contributed by atoms with E-state index in [1.807, 2.05) is 6.92 Å². The molecule has 0 spiro atoms. The minimum Gasteiger partial charge on any atom is -0.461 e. The number of benzene rings is 1. The highest BCUT2D eigenvalue weighted by Gasteiger charge is 2.24. The van der Waals surface area contributed by atoms with Crippen LogP contribution >= 0.6 is 0 Å². The van der Waals surface area contributed by atoms with Crippen LogP contribution < -0.4 is 0 Å². The molecule has 0 aliphatic rings. The Kier molecular flexibility index (Phi) is 6.60. The van der Waals surface area contributed by atoms with Gasteiger partial charge in [0.05, 0.1) is 12.2 Å². The lowest BCUT2D eigenvalue weighted by atomic mass is 10.2. The number of hydrogen-bond donors (Lipinski definition) is 0. The molecule has 5 nitrogen and oxygen atoms in total. The maximum atomic E-state index is 11.7. The second-order valence-corrected chi connectivity index (χ2v) is 3.86. The molecular formula is C14H18O5. The van der Waals surface area contributed by atoms with E-state index in [-0.39, 0.29) is 6.61 Å². The smallest absolute Gasteiger partial charge is 0.376 e. The van der Waals surface area contributed by atoms with Gasteiger partial charge in [-0.3, -0.25) is 0 Å². The quantitative estimate of drug-likeness (QED) is 0.430. The first-order valence-electron chi connectivity index (χ1n) is 6.14. The molecule has 1 aromatic rings. The summed E-state index contributed by atoms with van der Waals surface area (Å²) in [6, 6.07) is 8.38. The lowest BCUT2D eigenvalue weighted by molar-refractivity contribution is -0.179. The molecule has 0 saturated carbocycles. The second kappa shape index (κ2) is 8.26. The zero-order chi connectivity index (χ0) is 14.1. The van der Waals surface area contributed by atoms with Gasteiger partial charge in [-0.15, -0.1) is 0 Å². The monoisotopic (exact) mass is 266 g/mol. The van der Waals surface area contributed by atoms with Crippen molar-refractivity contribution in [2.75, 3.05) is 13.7 Å². The molecule has 5 heteroatoms. The molecule has 0 aromatic heterocycles. The summed E-state index contributed by atoms with van der Waals surface area (Å²) < 4.78 is 14.7. The van der Waals surface area contributed by atoms with Gasteiger partial charge in [-0.25, -0.2) is 9.59 Å². The Labute approximate surface area is 112 Å². The third-order valence-electron chi connectivity index (χ3n) is 2.37. The summed E-state index contributed by atoms with van der Waals surface area (Å²) in [5, 5.41) is 0. The first-order valence-corrected chi connectivity index (χ1v) is 6.14. The van der Waals surface area contributed by atoms with Gasteiger partial charge in [0.1, 0.15) is 0 Å². The molecule has 0 N–H and O–H groups in total. The SMILES string of the molecule is CCCCOC(=O)C(OC)OC(=O)c1ccccc1. The molecule has 0 saturated heterocycles. The largest absolute Gasteiger partial charge is 0.461 e. The maximum Gasteiger partial charge on any atom is 0.376 e. The van der Waals surface area contributed by atoms with Crippen LogP contribution in [-0.4, -0.2) is 31.9 Å². The zero-order valence-electron chi connectivity index (χ0n) is 11.1. The van der Waals surface area contributed by atoms with Crippen LogP contribution in [0, 0.1) is 0 Å². The fraction of sp³-hybridized carbons (Fsp3) is 0.429. The van der Waals surface area contributed by atoms with Crippen LogP contribution in [0.4, 0.5) is 0 Å². The van der Waals surface area contributed by atoms with Crippen LogP contribution in [0.1, 0.15) is 30.1 Å². The molecule has 104 valence electrons. The van der Waals surface area contributed by atoms with Gasteiger partial charge in [-0.1, -0.05) is 31.5 Å². The van der Waals surface area contributed by atoms with Crippen molar-refractivity contribution in [1.29, 1.82) is 0 Å². The standard InChI is InChI=1S/C14H18O5/c1-3-4-10-18-13(16)14(17-2)19-12(15)11-8-6-5-7-9-11/h5-9,14H,3-4,10H2,1-2H3. The molecule has 0 aliphatic carbocycles. The Bertz CT molecular complexity index is 402. The first-order chi connectivity index (χ1) is 9.19. The van der Waals surface area contributed by atoms with Crippen molar-refractivity contribution in [2.24, 2.45) is 0 Å². The van der Waals surface area contributed by atoms with Gasteiger partial charge in [0.2, 0.25) is 0 Å². The molecule has 0 bridgehead atoms. The average Bonchev–Trinajstić information content (AvgIpc) is 2.45. The third kappa shape index (κ3) is 5.09. The van der Waals surface area contributed by atoms with Crippen LogP contribution in [0.2, 0.25) is 0 Å². The summed E-state index contributed by atoms with van der Waals surface area (Å²) in [5.74, 6) is -1.32. The highest BCUT2D eigenvalue weighted by molar-refractivity contribution is 5.91. The summed E-state index contributed by atoms with van der Waals surface area (Å²) >= 11 is 0. The number of esters is 2. The van der Waals surface area contributed by atoms with Gasteiger partial charge >= 0.3 is 18.2 Å². The third-order valence-corrected chi connectivity index (χ3v) is 2.37. The molecule has 0 aliphatic heterocycles. The van der Waals surface area contributed by atoms with Crippen molar-refractivity contribution in [3.63, 3.8) is 0 Å². The van der Waals surface area contributed by atoms with Crippen molar-refractivity contribution in [3.05, 3.63) is 35.9 Å². The lowest BCUT2D eigenvalue weighted by Crippen LogP contribution is -2.31. The number of rotatable bonds is 7.